The molecule has 1 heterocycles. The Balaban J connectivity index is 2.04. The number of anilines is 1. The number of rotatable bonds is 8. The van der Waals surface area contributed by atoms with Crippen LogP contribution in [0.4, 0.5) is 10.5 Å². The third-order valence-electron chi connectivity index (χ3n) is 4.47. The lowest BCUT2D eigenvalue weighted by Gasteiger charge is -2.18. The van der Waals surface area contributed by atoms with Gasteiger partial charge in [0, 0.05) is 0 Å². The number of hydrogen-bond donors (Lipinski definition) is 1. The lowest BCUT2D eigenvalue weighted by Crippen LogP contribution is -2.32. The molecule has 1 aromatic carbocycles. The topological polar surface area (TPSA) is 49.4 Å². The van der Waals surface area contributed by atoms with Crippen LogP contribution in [0.15, 0.2) is 24.3 Å². The molecule has 1 aliphatic rings. The molecule has 3 amide bonds. The molecule has 1 aliphatic heterocycles. The molecule has 23 heavy (non-hydrogen) atoms. The highest BCUT2D eigenvalue weighted by molar-refractivity contribution is 6.35. The molecule has 1 aromatic rings. The number of unbranched alkanes of at least 4 members (excludes halogenated alkanes) is 2. The monoisotopic (exact) mass is 336 g/mol. The van der Waals surface area contributed by atoms with Gasteiger partial charge in [0.1, 0.15) is 6.04 Å². The number of carbonyl (C=O) groups excluding carboxylic acids is 2. The van der Waals surface area contributed by atoms with Crippen molar-refractivity contribution in [2.45, 2.75) is 58.4 Å². The van der Waals surface area contributed by atoms with Crippen molar-refractivity contribution < 1.29 is 9.59 Å². The summed E-state index contributed by atoms with van der Waals surface area (Å²) in [7, 11) is 0. The smallest absolute Gasteiger partial charge is 0.325 e. The van der Waals surface area contributed by atoms with E-state index in [2.05, 4.69) is 19.2 Å². The fourth-order valence-electron chi connectivity index (χ4n) is 3.06. The number of nitrogens with zero attached hydrogens (tertiary/aromatic N) is 1. The number of amides is 3. The van der Waals surface area contributed by atoms with E-state index in [0.29, 0.717) is 23.0 Å². The quantitative estimate of drug-likeness (QED) is 0.549. The van der Waals surface area contributed by atoms with Gasteiger partial charge < -0.3 is 5.32 Å². The molecule has 2 unspecified atom stereocenters. The van der Waals surface area contributed by atoms with Crippen LogP contribution in [0.5, 0.6) is 0 Å². The summed E-state index contributed by atoms with van der Waals surface area (Å²) in [5, 5.41) is 3.22. The number of benzene rings is 1. The van der Waals surface area contributed by atoms with E-state index in [1.165, 1.54) is 24.2 Å². The minimum Gasteiger partial charge on any atom is -0.325 e. The maximum atomic E-state index is 12.6. The molecular weight excluding hydrogens is 312 g/mol. The summed E-state index contributed by atoms with van der Waals surface area (Å²) in [6, 6.07) is 6.12. The van der Waals surface area contributed by atoms with Gasteiger partial charge in [0.05, 0.1) is 10.7 Å². The van der Waals surface area contributed by atoms with E-state index in [9.17, 15) is 9.59 Å². The molecule has 2 rings (SSSR count). The summed E-state index contributed by atoms with van der Waals surface area (Å²) in [6.45, 7) is 4.33. The van der Waals surface area contributed by atoms with Crippen LogP contribution in [0.2, 0.25) is 5.02 Å². The van der Waals surface area contributed by atoms with E-state index < -0.39 is 6.04 Å². The van der Waals surface area contributed by atoms with E-state index in [1.54, 1.807) is 24.3 Å². The number of hydrogen-bond acceptors (Lipinski definition) is 2. The van der Waals surface area contributed by atoms with Crippen molar-refractivity contribution in [3.63, 3.8) is 0 Å². The van der Waals surface area contributed by atoms with Gasteiger partial charge in [-0.25, -0.2) is 9.69 Å². The molecule has 0 bridgehead atoms. The second-order valence-electron chi connectivity index (χ2n) is 6.13. The minimum absolute atomic E-state index is 0.197. The fourth-order valence-corrected chi connectivity index (χ4v) is 3.28. The van der Waals surface area contributed by atoms with Crippen molar-refractivity contribution in [1.29, 1.82) is 0 Å². The zero-order valence-electron chi connectivity index (χ0n) is 13.8. The van der Waals surface area contributed by atoms with Gasteiger partial charge in [0.15, 0.2) is 0 Å². The van der Waals surface area contributed by atoms with Crippen LogP contribution in [0.1, 0.15) is 52.4 Å². The van der Waals surface area contributed by atoms with Gasteiger partial charge in [-0.15, -0.1) is 0 Å². The van der Waals surface area contributed by atoms with Gasteiger partial charge in [-0.1, -0.05) is 69.7 Å². The molecule has 126 valence electrons. The predicted octanol–water partition coefficient (Wildman–Crippen LogP) is 4.76. The van der Waals surface area contributed by atoms with Crippen LogP contribution in [-0.2, 0) is 4.79 Å². The molecular formula is C18H25ClN2O2. The van der Waals surface area contributed by atoms with Crippen molar-refractivity contribution in [3.05, 3.63) is 29.3 Å². The Kier molecular flexibility index (Phi) is 6.46. The average molecular weight is 337 g/mol. The lowest BCUT2D eigenvalue weighted by atomic mass is 9.91. The van der Waals surface area contributed by atoms with Crippen molar-refractivity contribution in [2.75, 3.05) is 4.90 Å². The molecule has 4 nitrogen and oxygen atoms in total. The average Bonchev–Trinajstić information content (AvgIpc) is 2.81. The van der Waals surface area contributed by atoms with E-state index in [4.69, 9.17) is 11.6 Å². The highest BCUT2D eigenvalue weighted by Gasteiger charge is 2.40. The first-order chi connectivity index (χ1) is 11.1. The van der Waals surface area contributed by atoms with Crippen LogP contribution in [-0.4, -0.2) is 18.0 Å². The number of halogens is 1. The molecule has 0 spiro atoms. The van der Waals surface area contributed by atoms with Crippen LogP contribution >= 0.6 is 11.6 Å². The Labute approximate surface area is 143 Å². The third-order valence-corrected chi connectivity index (χ3v) is 4.79. The fraction of sp³-hybridized carbons (Fsp3) is 0.556. The van der Waals surface area contributed by atoms with Crippen LogP contribution in [0.3, 0.4) is 0 Å². The Hall–Kier alpha value is -1.55. The predicted molar refractivity (Wildman–Crippen MR) is 93.8 cm³/mol. The highest BCUT2D eigenvalue weighted by Crippen LogP contribution is 2.30. The Morgan fingerprint density at radius 1 is 1.22 bits per heavy atom. The first-order valence-electron chi connectivity index (χ1n) is 8.47. The molecule has 1 N–H and O–H groups in total. The second kappa shape index (κ2) is 8.34. The number of imide groups is 1. The number of urea groups is 1. The summed E-state index contributed by atoms with van der Waals surface area (Å²) < 4.78 is 0. The normalized spacial score (nSPS) is 19.1. The molecule has 0 aromatic heterocycles. The summed E-state index contributed by atoms with van der Waals surface area (Å²) in [5.41, 5.74) is 0.457. The molecule has 1 fully saturated rings. The second-order valence-corrected chi connectivity index (χ2v) is 6.54. The van der Waals surface area contributed by atoms with Crippen molar-refractivity contribution in [1.82, 2.24) is 5.32 Å². The van der Waals surface area contributed by atoms with Crippen molar-refractivity contribution >= 4 is 29.2 Å². The van der Waals surface area contributed by atoms with Crippen LogP contribution in [0, 0.1) is 5.92 Å². The molecule has 0 aliphatic carbocycles. The molecule has 2 atom stereocenters. The van der Waals surface area contributed by atoms with Crippen molar-refractivity contribution in [2.24, 2.45) is 5.92 Å². The van der Waals surface area contributed by atoms with Gasteiger partial charge in [-0.2, -0.15) is 0 Å². The van der Waals surface area contributed by atoms with E-state index in [1.807, 2.05) is 0 Å². The SMILES string of the molecule is CCCCCC(CC)CC1NC(=O)N(c2ccccc2Cl)C1=O. The largest absolute Gasteiger partial charge is 0.329 e. The Morgan fingerprint density at radius 3 is 2.61 bits per heavy atom. The molecule has 1 saturated heterocycles. The summed E-state index contributed by atoms with van der Waals surface area (Å²) in [5.74, 6) is 0.263. The first-order valence-corrected chi connectivity index (χ1v) is 8.85. The van der Waals surface area contributed by atoms with Gasteiger partial charge >= 0.3 is 6.03 Å². The van der Waals surface area contributed by atoms with Crippen molar-refractivity contribution in [3.8, 4) is 0 Å². The molecule has 0 radical (unpaired) electrons. The van der Waals surface area contributed by atoms with Gasteiger partial charge in [0.25, 0.3) is 5.91 Å². The number of nitrogens with one attached hydrogen (secondary N) is 1. The van der Waals surface area contributed by atoms with Crippen LogP contribution < -0.4 is 10.2 Å². The number of para-hydroxylation sites is 1. The molecule has 0 saturated carbocycles. The highest BCUT2D eigenvalue weighted by atomic mass is 35.5. The summed E-state index contributed by atoms with van der Waals surface area (Å²) in [4.78, 5) is 26.0. The Morgan fingerprint density at radius 2 is 1.96 bits per heavy atom. The lowest BCUT2D eigenvalue weighted by molar-refractivity contribution is -0.118. The zero-order valence-corrected chi connectivity index (χ0v) is 14.6. The minimum atomic E-state index is -0.439. The van der Waals surface area contributed by atoms with Crippen LogP contribution in [0.25, 0.3) is 0 Å². The van der Waals surface area contributed by atoms with Gasteiger partial charge in [0.2, 0.25) is 0 Å². The van der Waals surface area contributed by atoms with Gasteiger partial charge in [-0.05, 0) is 24.5 Å². The standard InChI is InChI=1S/C18H25ClN2O2/c1-3-5-6-9-13(4-2)12-15-17(22)21(18(23)20-15)16-11-8-7-10-14(16)19/h7-8,10-11,13,15H,3-6,9,12H2,1-2H3,(H,20,23). The Bertz CT molecular complexity index is 562. The van der Waals surface area contributed by atoms with Gasteiger partial charge in [-0.3, -0.25) is 4.79 Å². The van der Waals surface area contributed by atoms with E-state index in [-0.39, 0.29) is 11.9 Å². The summed E-state index contributed by atoms with van der Waals surface area (Å²) >= 11 is 6.13. The van der Waals surface area contributed by atoms with E-state index >= 15 is 0 Å². The number of carbonyl (C=O) groups is 2. The maximum absolute atomic E-state index is 12.6. The maximum Gasteiger partial charge on any atom is 0.329 e. The summed E-state index contributed by atoms with van der Waals surface area (Å²) in [6.07, 6.45) is 6.42. The first kappa shape index (κ1) is 17.8. The van der Waals surface area contributed by atoms with E-state index in [0.717, 1.165) is 12.8 Å². The third kappa shape index (κ3) is 4.25. The molecule has 5 heteroatoms. The zero-order chi connectivity index (χ0) is 16.8.